The second kappa shape index (κ2) is 5.56. The number of hydrogen-bond donors (Lipinski definition) is 3. The third-order valence-electron chi connectivity index (χ3n) is 2.94. The summed E-state index contributed by atoms with van der Waals surface area (Å²) in [6, 6.07) is 14.8. The normalized spacial score (nSPS) is 12.3. The van der Waals surface area contributed by atoms with Crippen LogP contribution >= 0.6 is 0 Å². The average Bonchev–Trinajstić information content (AvgIpc) is 2.37. The van der Waals surface area contributed by atoms with Crippen molar-refractivity contribution in [3.05, 3.63) is 59.7 Å². The lowest BCUT2D eigenvalue weighted by Gasteiger charge is -2.15. The molecule has 94 valence electrons. The van der Waals surface area contributed by atoms with Crippen molar-refractivity contribution in [3.8, 4) is 11.5 Å². The molecule has 0 heterocycles. The molecule has 3 N–H and O–H groups in total. The predicted molar refractivity (Wildman–Crippen MR) is 71.5 cm³/mol. The van der Waals surface area contributed by atoms with Crippen molar-refractivity contribution >= 4 is 0 Å². The largest absolute Gasteiger partial charge is 0.508 e. The lowest BCUT2D eigenvalue weighted by atomic mass is 10.1. The maximum absolute atomic E-state index is 9.76. The highest BCUT2D eigenvalue weighted by Gasteiger charge is 2.10. The first-order valence-electron chi connectivity index (χ1n) is 5.96. The minimum atomic E-state index is 0.0193. The van der Waals surface area contributed by atoms with E-state index in [1.165, 1.54) is 11.6 Å². The van der Waals surface area contributed by atoms with Crippen LogP contribution in [0.5, 0.6) is 11.5 Å². The Bertz CT molecular complexity index is 511. The molecule has 1 atom stereocenters. The number of phenolic OH excluding ortho intramolecular Hbond substituents is 2. The van der Waals surface area contributed by atoms with Crippen molar-refractivity contribution < 1.29 is 10.2 Å². The van der Waals surface area contributed by atoms with Crippen LogP contribution in [-0.2, 0) is 6.54 Å². The van der Waals surface area contributed by atoms with Crippen molar-refractivity contribution in [1.29, 1.82) is 0 Å². The molecule has 3 heteroatoms. The molecular weight excluding hydrogens is 226 g/mol. The summed E-state index contributed by atoms with van der Waals surface area (Å²) in [6.07, 6.45) is 0. The van der Waals surface area contributed by atoms with Crippen LogP contribution in [0.3, 0.4) is 0 Å². The van der Waals surface area contributed by atoms with E-state index in [0.29, 0.717) is 0 Å². The molecule has 0 radical (unpaired) electrons. The molecule has 2 aromatic rings. The Morgan fingerprint density at radius 2 is 1.78 bits per heavy atom. The smallest absolute Gasteiger partial charge is 0.124 e. The molecule has 0 bridgehead atoms. The van der Waals surface area contributed by atoms with Gasteiger partial charge in [0.05, 0.1) is 0 Å². The Labute approximate surface area is 107 Å². The Morgan fingerprint density at radius 3 is 2.44 bits per heavy atom. The average molecular weight is 243 g/mol. The van der Waals surface area contributed by atoms with Crippen molar-refractivity contribution in [2.45, 2.75) is 19.5 Å². The molecule has 0 aromatic heterocycles. The number of rotatable bonds is 4. The zero-order chi connectivity index (χ0) is 13.0. The summed E-state index contributed by atoms with van der Waals surface area (Å²) in [5, 5.41) is 22.3. The minimum Gasteiger partial charge on any atom is -0.508 e. The Morgan fingerprint density at radius 1 is 1.06 bits per heavy atom. The molecule has 2 aromatic carbocycles. The van der Waals surface area contributed by atoms with Crippen LogP contribution in [0.1, 0.15) is 24.1 Å². The van der Waals surface area contributed by atoms with Crippen LogP contribution in [-0.4, -0.2) is 10.2 Å². The van der Waals surface area contributed by atoms with Crippen LogP contribution in [0.15, 0.2) is 48.5 Å². The summed E-state index contributed by atoms with van der Waals surface area (Å²) in [4.78, 5) is 0. The highest BCUT2D eigenvalue weighted by molar-refractivity contribution is 5.40. The van der Waals surface area contributed by atoms with Crippen LogP contribution in [0.2, 0.25) is 0 Å². The Kier molecular flexibility index (Phi) is 3.85. The number of hydrogen-bond acceptors (Lipinski definition) is 3. The molecule has 0 amide bonds. The van der Waals surface area contributed by atoms with E-state index in [1.807, 2.05) is 25.1 Å². The van der Waals surface area contributed by atoms with Gasteiger partial charge in [-0.2, -0.15) is 0 Å². The summed E-state index contributed by atoms with van der Waals surface area (Å²) >= 11 is 0. The number of phenols is 2. The molecule has 0 saturated heterocycles. The lowest BCUT2D eigenvalue weighted by molar-refractivity contribution is 0.436. The Balaban J connectivity index is 2.01. The topological polar surface area (TPSA) is 52.5 Å². The first-order chi connectivity index (χ1) is 8.66. The van der Waals surface area contributed by atoms with Gasteiger partial charge in [0.25, 0.3) is 0 Å². The van der Waals surface area contributed by atoms with Gasteiger partial charge in [-0.05, 0) is 18.6 Å². The summed E-state index contributed by atoms with van der Waals surface area (Å²) in [5.41, 5.74) is 1.98. The van der Waals surface area contributed by atoms with E-state index in [2.05, 4.69) is 17.4 Å². The van der Waals surface area contributed by atoms with Crippen molar-refractivity contribution in [2.75, 3.05) is 0 Å². The first kappa shape index (κ1) is 12.5. The van der Waals surface area contributed by atoms with Crippen LogP contribution < -0.4 is 5.32 Å². The van der Waals surface area contributed by atoms with E-state index in [0.717, 1.165) is 12.1 Å². The van der Waals surface area contributed by atoms with Gasteiger partial charge in [0.2, 0.25) is 0 Å². The zero-order valence-corrected chi connectivity index (χ0v) is 10.3. The SMILES string of the molecule is CC(NCc1ccccc1)c1ccc(O)cc1O. The lowest BCUT2D eigenvalue weighted by Crippen LogP contribution is -2.18. The maximum atomic E-state index is 9.76. The highest BCUT2D eigenvalue weighted by atomic mass is 16.3. The monoisotopic (exact) mass is 243 g/mol. The number of aromatic hydroxyl groups is 2. The molecule has 0 aliphatic rings. The quantitative estimate of drug-likeness (QED) is 0.773. The molecule has 0 saturated carbocycles. The fourth-order valence-corrected chi connectivity index (χ4v) is 1.87. The Hall–Kier alpha value is -2.00. The molecule has 2 rings (SSSR count). The fourth-order valence-electron chi connectivity index (χ4n) is 1.87. The van der Waals surface area contributed by atoms with E-state index in [9.17, 15) is 10.2 Å². The van der Waals surface area contributed by atoms with E-state index in [4.69, 9.17) is 0 Å². The first-order valence-corrected chi connectivity index (χ1v) is 5.96. The fraction of sp³-hybridized carbons (Fsp3) is 0.200. The van der Waals surface area contributed by atoms with Crippen LogP contribution in [0.4, 0.5) is 0 Å². The van der Waals surface area contributed by atoms with E-state index < -0.39 is 0 Å². The molecule has 1 unspecified atom stereocenters. The molecular formula is C15H17NO2. The van der Waals surface area contributed by atoms with Gasteiger partial charge in [0, 0.05) is 24.2 Å². The van der Waals surface area contributed by atoms with Gasteiger partial charge in [0.1, 0.15) is 11.5 Å². The summed E-state index contributed by atoms with van der Waals surface area (Å²) in [5.74, 6) is 0.189. The second-order valence-corrected chi connectivity index (χ2v) is 4.33. The number of nitrogens with one attached hydrogen (secondary N) is 1. The summed E-state index contributed by atoms with van der Waals surface area (Å²) in [6.45, 7) is 2.72. The summed E-state index contributed by atoms with van der Waals surface area (Å²) in [7, 11) is 0. The third-order valence-corrected chi connectivity index (χ3v) is 2.94. The maximum Gasteiger partial charge on any atom is 0.124 e. The van der Waals surface area contributed by atoms with Gasteiger partial charge in [-0.25, -0.2) is 0 Å². The van der Waals surface area contributed by atoms with E-state index in [-0.39, 0.29) is 17.5 Å². The molecule has 0 spiro atoms. The number of benzene rings is 2. The van der Waals surface area contributed by atoms with Gasteiger partial charge in [-0.1, -0.05) is 36.4 Å². The molecule has 3 nitrogen and oxygen atoms in total. The van der Waals surface area contributed by atoms with Crippen molar-refractivity contribution in [1.82, 2.24) is 5.32 Å². The predicted octanol–water partition coefficient (Wildman–Crippen LogP) is 2.95. The van der Waals surface area contributed by atoms with Crippen LogP contribution in [0.25, 0.3) is 0 Å². The second-order valence-electron chi connectivity index (χ2n) is 4.33. The zero-order valence-electron chi connectivity index (χ0n) is 10.3. The molecule has 0 aliphatic heterocycles. The summed E-state index contributed by atoms with van der Waals surface area (Å²) < 4.78 is 0. The molecule has 0 fully saturated rings. The standard InChI is InChI=1S/C15H17NO2/c1-11(14-8-7-13(17)9-15(14)18)16-10-12-5-3-2-4-6-12/h2-9,11,16-18H,10H2,1H3. The van der Waals surface area contributed by atoms with E-state index >= 15 is 0 Å². The van der Waals surface area contributed by atoms with Gasteiger partial charge < -0.3 is 15.5 Å². The van der Waals surface area contributed by atoms with Crippen molar-refractivity contribution in [2.24, 2.45) is 0 Å². The van der Waals surface area contributed by atoms with Gasteiger partial charge in [-0.3, -0.25) is 0 Å². The van der Waals surface area contributed by atoms with Gasteiger partial charge >= 0.3 is 0 Å². The molecule has 0 aliphatic carbocycles. The highest BCUT2D eigenvalue weighted by Crippen LogP contribution is 2.27. The van der Waals surface area contributed by atoms with Gasteiger partial charge in [0.15, 0.2) is 0 Å². The minimum absolute atomic E-state index is 0.0193. The van der Waals surface area contributed by atoms with Gasteiger partial charge in [-0.15, -0.1) is 0 Å². The molecule has 18 heavy (non-hydrogen) atoms. The van der Waals surface area contributed by atoms with Crippen molar-refractivity contribution in [3.63, 3.8) is 0 Å². The van der Waals surface area contributed by atoms with E-state index in [1.54, 1.807) is 12.1 Å². The van der Waals surface area contributed by atoms with Crippen LogP contribution in [0, 0.1) is 0 Å². The third kappa shape index (κ3) is 3.02.